The van der Waals surface area contributed by atoms with Crippen molar-refractivity contribution in [2.45, 2.75) is 31.7 Å². The highest BCUT2D eigenvalue weighted by Crippen LogP contribution is 2.21. The van der Waals surface area contributed by atoms with Crippen molar-refractivity contribution >= 4 is 9.84 Å². The van der Waals surface area contributed by atoms with Crippen LogP contribution < -0.4 is 10.1 Å². The molecule has 0 saturated heterocycles. The van der Waals surface area contributed by atoms with Crippen molar-refractivity contribution in [1.29, 1.82) is 0 Å². The molecule has 1 aliphatic carbocycles. The predicted molar refractivity (Wildman–Crippen MR) is 85.5 cm³/mol. The number of hydrogen-bond acceptors (Lipinski definition) is 4. The minimum Gasteiger partial charge on any atom is -0.497 e. The van der Waals surface area contributed by atoms with Crippen LogP contribution in [0.1, 0.15) is 24.8 Å². The summed E-state index contributed by atoms with van der Waals surface area (Å²) in [5.41, 5.74) is 1.23. The van der Waals surface area contributed by atoms with Gasteiger partial charge in [-0.15, -0.1) is 0 Å². The maximum absolute atomic E-state index is 11.4. The number of ether oxygens (including phenoxy) is 1. The molecule has 5 heteroatoms. The maximum Gasteiger partial charge on any atom is 0.147 e. The smallest absolute Gasteiger partial charge is 0.147 e. The van der Waals surface area contributed by atoms with Crippen LogP contribution >= 0.6 is 0 Å². The Morgan fingerprint density at radius 2 is 1.95 bits per heavy atom. The topological polar surface area (TPSA) is 55.4 Å². The van der Waals surface area contributed by atoms with E-state index >= 15 is 0 Å². The average Bonchev–Trinajstić information content (AvgIpc) is 3.26. The molecule has 1 aromatic carbocycles. The van der Waals surface area contributed by atoms with Crippen molar-refractivity contribution in [2.75, 3.05) is 25.7 Å². The van der Waals surface area contributed by atoms with E-state index in [0.717, 1.165) is 18.7 Å². The first kappa shape index (κ1) is 16.3. The van der Waals surface area contributed by atoms with E-state index in [4.69, 9.17) is 4.74 Å². The second kappa shape index (κ2) is 7.27. The molecule has 2 rings (SSSR count). The van der Waals surface area contributed by atoms with Crippen molar-refractivity contribution < 1.29 is 13.2 Å². The van der Waals surface area contributed by atoms with Crippen LogP contribution in [0.3, 0.4) is 0 Å². The molecule has 0 aromatic heterocycles. The molecule has 1 aromatic rings. The van der Waals surface area contributed by atoms with Gasteiger partial charge in [-0.2, -0.15) is 0 Å². The monoisotopic (exact) mass is 311 g/mol. The molecule has 0 heterocycles. The Labute approximate surface area is 127 Å². The van der Waals surface area contributed by atoms with Crippen LogP contribution in [0.15, 0.2) is 24.3 Å². The summed E-state index contributed by atoms with van der Waals surface area (Å²) in [7, 11) is -1.24. The second-order valence-electron chi connectivity index (χ2n) is 6.02. The zero-order valence-corrected chi connectivity index (χ0v) is 13.7. The minimum atomic E-state index is -2.89. The summed E-state index contributed by atoms with van der Waals surface area (Å²) in [6, 6.07) is 8.68. The molecular weight excluding hydrogens is 286 g/mol. The highest BCUT2D eigenvalue weighted by molar-refractivity contribution is 7.90. The van der Waals surface area contributed by atoms with Gasteiger partial charge in [-0.25, -0.2) is 8.42 Å². The summed E-state index contributed by atoms with van der Waals surface area (Å²) < 4.78 is 27.9. The van der Waals surface area contributed by atoms with Crippen LogP contribution in [0.5, 0.6) is 5.75 Å². The van der Waals surface area contributed by atoms with Gasteiger partial charge in [0.25, 0.3) is 0 Å². The number of rotatable bonds is 9. The Kier molecular flexibility index (Phi) is 5.65. The molecule has 1 N–H and O–H groups in total. The molecule has 1 aliphatic rings. The molecule has 0 bridgehead atoms. The zero-order chi connectivity index (χ0) is 15.3. The van der Waals surface area contributed by atoms with E-state index in [2.05, 4.69) is 17.4 Å². The van der Waals surface area contributed by atoms with Crippen molar-refractivity contribution in [1.82, 2.24) is 5.32 Å². The van der Waals surface area contributed by atoms with Crippen LogP contribution in [0, 0.1) is 5.92 Å². The van der Waals surface area contributed by atoms with Crippen LogP contribution in [0.25, 0.3) is 0 Å². The van der Waals surface area contributed by atoms with Gasteiger partial charge in [0.1, 0.15) is 15.6 Å². The highest BCUT2D eigenvalue weighted by Gasteiger charge is 2.22. The van der Waals surface area contributed by atoms with Gasteiger partial charge in [0.2, 0.25) is 0 Å². The predicted octanol–water partition coefficient (Wildman–Crippen LogP) is 2.04. The number of hydrogen-bond donors (Lipinski definition) is 1. The largest absolute Gasteiger partial charge is 0.497 e. The van der Waals surface area contributed by atoms with Crippen LogP contribution in [-0.2, 0) is 16.3 Å². The van der Waals surface area contributed by atoms with E-state index < -0.39 is 9.84 Å². The molecule has 1 unspecified atom stereocenters. The first-order chi connectivity index (χ1) is 9.96. The fraction of sp³-hybridized carbons (Fsp3) is 0.625. The van der Waals surface area contributed by atoms with E-state index in [0.29, 0.717) is 18.4 Å². The molecule has 118 valence electrons. The third-order valence-electron chi connectivity index (χ3n) is 3.85. The molecule has 0 radical (unpaired) electrons. The summed E-state index contributed by atoms with van der Waals surface area (Å²) in [5.74, 6) is 1.47. The number of methoxy groups -OCH3 is 1. The molecule has 0 amide bonds. The second-order valence-corrected chi connectivity index (χ2v) is 8.28. The molecule has 0 spiro atoms. The van der Waals surface area contributed by atoms with E-state index in [9.17, 15) is 8.42 Å². The summed E-state index contributed by atoms with van der Waals surface area (Å²) in [6.45, 7) is 0.895. The molecule has 1 saturated carbocycles. The van der Waals surface area contributed by atoms with Crippen LogP contribution in [-0.4, -0.2) is 40.1 Å². The van der Waals surface area contributed by atoms with Crippen LogP contribution in [0.4, 0.5) is 0 Å². The standard InChI is InChI=1S/C16H25NO3S/c1-20-16-7-3-13(4-8-16)11-14(9-10-21(2,18)19)12-17-15-5-6-15/h3-4,7-8,14-15,17H,5-6,9-12H2,1-2H3. The van der Waals surface area contributed by atoms with Gasteiger partial charge in [-0.1, -0.05) is 12.1 Å². The normalized spacial score (nSPS) is 16.7. The maximum atomic E-state index is 11.4. The van der Waals surface area contributed by atoms with E-state index in [1.807, 2.05) is 12.1 Å². The van der Waals surface area contributed by atoms with E-state index in [1.54, 1.807) is 7.11 Å². The molecule has 21 heavy (non-hydrogen) atoms. The van der Waals surface area contributed by atoms with Crippen LogP contribution in [0.2, 0.25) is 0 Å². The van der Waals surface area contributed by atoms with E-state index in [1.165, 1.54) is 24.7 Å². The van der Waals surface area contributed by atoms with Gasteiger partial charge in [-0.05, 0) is 55.8 Å². The number of nitrogens with one attached hydrogen (secondary N) is 1. The van der Waals surface area contributed by atoms with Gasteiger partial charge in [0, 0.05) is 12.3 Å². The Balaban J connectivity index is 1.91. The summed E-state index contributed by atoms with van der Waals surface area (Å²) in [5, 5.41) is 3.52. The lowest BCUT2D eigenvalue weighted by molar-refractivity contribution is 0.414. The molecular formula is C16H25NO3S. The Bertz CT molecular complexity index is 535. The molecule has 1 atom stereocenters. The third-order valence-corrected chi connectivity index (χ3v) is 4.83. The van der Waals surface area contributed by atoms with Crippen molar-refractivity contribution in [3.8, 4) is 5.75 Å². The van der Waals surface area contributed by atoms with Gasteiger partial charge < -0.3 is 10.1 Å². The summed E-state index contributed by atoms with van der Waals surface area (Å²) >= 11 is 0. The molecule has 0 aliphatic heterocycles. The lowest BCUT2D eigenvalue weighted by atomic mass is 9.96. The fourth-order valence-electron chi connectivity index (χ4n) is 2.37. The zero-order valence-electron chi connectivity index (χ0n) is 12.8. The summed E-state index contributed by atoms with van der Waals surface area (Å²) in [4.78, 5) is 0. The lowest BCUT2D eigenvalue weighted by Gasteiger charge is -2.17. The molecule has 1 fully saturated rings. The highest BCUT2D eigenvalue weighted by atomic mass is 32.2. The number of benzene rings is 1. The number of sulfone groups is 1. The lowest BCUT2D eigenvalue weighted by Crippen LogP contribution is -2.27. The fourth-order valence-corrected chi connectivity index (χ4v) is 3.13. The SMILES string of the molecule is COc1ccc(CC(CCS(C)(=O)=O)CNC2CC2)cc1. The first-order valence-corrected chi connectivity index (χ1v) is 9.56. The summed E-state index contributed by atoms with van der Waals surface area (Å²) in [6.07, 6.45) is 5.43. The quantitative estimate of drug-likeness (QED) is 0.758. The van der Waals surface area contributed by atoms with Crippen molar-refractivity contribution in [3.63, 3.8) is 0 Å². The average molecular weight is 311 g/mol. The van der Waals surface area contributed by atoms with Gasteiger partial charge in [-0.3, -0.25) is 0 Å². The van der Waals surface area contributed by atoms with Gasteiger partial charge in [0.15, 0.2) is 0 Å². The van der Waals surface area contributed by atoms with Gasteiger partial charge >= 0.3 is 0 Å². The third kappa shape index (κ3) is 6.48. The van der Waals surface area contributed by atoms with Gasteiger partial charge in [0.05, 0.1) is 12.9 Å². The minimum absolute atomic E-state index is 0.264. The Morgan fingerprint density at radius 3 is 2.48 bits per heavy atom. The Morgan fingerprint density at radius 1 is 1.29 bits per heavy atom. The van der Waals surface area contributed by atoms with Crippen molar-refractivity contribution in [3.05, 3.63) is 29.8 Å². The van der Waals surface area contributed by atoms with E-state index in [-0.39, 0.29) is 5.75 Å². The van der Waals surface area contributed by atoms with Crippen molar-refractivity contribution in [2.24, 2.45) is 5.92 Å². The Hall–Kier alpha value is -1.07. The first-order valence-electron chi connectivity index (χ1n) is 7.50. The molecule has 4 nitrogen and oxygen atoms in total.